The van der Waals surface area contributed by atoms with Crippen molar-refractivity contribution in [2.75, 3.05) is 27.3 Å². The van der Waals surface area contributed by atoms with E-state index in [4.69, 9.17) is 0 Å². The molecular weight excluding hydrogens is 444 g/mol. The van der Waals surface area contributed by atoms with Crippen molar-refractivity contribution in [2.45, 2.75) is 19.9 Å². The Bertz CT molecular complexity index is 1210. The topological polar surface area (TPSA) is 151 Å². The van der Waals surface area contributed by atoms with Crippen LogP contribution in [-0.2, 0) is 24.8 Å². The molecule has 2 aromatic rings. The summed E-state index contributed by atoms with van der Waals surface area (Å²) in [4.78, 5) is 24.2. The summed E-state index contributed by atoms with van der Waals surface area (Å²) in [5.41, 5.74) is 1.34. The molecule has 0 radical (unpaired) electrons. The first-order valence-electron chi connectivity index (χ1n) is 9.01. The summed E-state index contributed by atoms with van der Waals surface area (Å²) in [6.45, 7) is 3.00. The second-order valence-corrected chi connectivity index (χ2v) is 10.5. The van der Waals surface area contributed by atoms with Gasteiger partial charge in [0.15, 0.2) is 0 Å². The van der Waals surface area contributed by atoms with Crippen molar-refractivity contribution in [1.82, 2.24) is 5.32 Å². The quantitative estimate of drug-likeness (QED) is 0.464. The molecule has 0 aliphatic heterocycles. The molecule has 1 atom stereocenters. The number of nitrogens with one attached hydrogen (secondary N) is 4. The fourth-order valence-corrected chi connectivity index (χ4v) is 3.88. The Morgan fingerprint density at radius 3 is 2.10 bits per heavy atom. The van der Waals surface area contributed by atoms with E-state index in [1.165, 1.54) is 25.1 Å². The normalized spacial score (nSPS) is 12.5. The maximum atomic E-state index is 12.9. The highest BCUT2D eigenvalue weighted by atomic mass is 32.2. The van der Waals surface area contributed by atoms with Gasteiger partial charge in [0.25, 0.3) is 5.91 Å². The predicted molar refractivity (Wildman–Crippen MR) is 120 cm³/mol. The SMILES string of the molecule is CC(=O)Nc1ccc(NS(C)(=O)=O)c(C(=O)NC(C)c2cccc(NS(C)(=O)=O)c2)c1. The van der Waals surface area contributed by atoms with Gasteiger partial charge in [-0.2, -0.15) is 0 Å². The molecule has 2 amide bonds. The van der Waals surface area contributed by atoms with Crippen LogP contribution >= 0.6 is 0 Å². The smallest absolute Gasteiger partial charge is 0.253 e. The summed E-state index contributed by atoms with van der Waals surface area (Å²) < 4.78 is 50.9. The molecule has 4 N–H and O–H groups in total. The van der Waals surface area contributed by atoms with Gasteiger partial charge in [0.1, 0.15) is 0 Å². The van der Waals surface area contributed by atoms with E-state index < -0.39 is 32.0 Å². The number of anilines is 3. The molecule has 31 heavy (non-hydrogen) atoms. The highest BCUT2D eigenvalue weighted by molar-refractivity contribution is 7.92. The fourth-order valence-electron chi connectivity index (χ4n) is 2.75. The zero-order chi connectivity index (χ0) is 23.4. The van der Waals surface area contributed by atoms with Crippen molar-refractivity contribution in [3.05, 3.63) is 53.6 Å². The summed E-state index contributed by atoms with van der Waals surface area (Å²) in [5.74, 6) is -0.939. The summed E-state index contributed by atoms with van der Waals surface area (Å²) >= 11 is 0. The summed E-state index contributed by atoms with van der Waals surface area (Å²) in [7, 11) is -7.12. The number of benzene rings is 2. The van der Waals surface area contributed by atoms with E-state index in [9.17, 15) is 26.4 Å². The molecule has 1 unspecified atom stereocenters. The van der Waals surface area contributed by atoms with Gasteiger partial charge in [0.05, 0.1) is 29.8 Å². The molecule has 0 saturated heterocycles. The van der Waals surface area contributed by atoms with Crippen LogP contribution in [0.3, 0.4) is 0 Å². The van der Waals surface area contributed by atoms with E-state index in [1.54, 1.807) is 31.2 Å². The number of sulfonamides is 2. The van der Waals surface area contributed by atoms with Crippen LogP contribution in [0.15, 0.2) is 42.5 Å². The van der Waals surface area contributed by atoms with Crippen LogP contribution < -0.4 is 20.1 Å². The van der Waals surface area contributed by atoms with Gasteiger partial charge < -0.3 is 10.6 Å². The molecule has 0 aromatic heterocycles. The summed E-state index contributed by atoms with van der Waals surface area (Å²) in [6, 6.07) is 10.2. The first kappa shape index (κ1) is 24.2. The third kappa shape index (κ3) is 7.90. The van der Waals surface area contributed by atoms with Crippen LogP contribution in [0.4, 0.5) is 17.1 Å². The molecular formula is C19H24N4O6S2. The minimum absolute atomic E-state index is 0.00828. The number of hydrogen-bond donors (Lipinski definition) is 4. The Balaban J connectivity index is 2.32. The molecule has 0 saturated carbocycles. The van der Waals surface area contributed by atoms with Gasteiger partial charge in [-0.05, 0) is 42.8 Å². The molecule has 0 fully saturated rings. The molecule has 2 aromatic carbocycles. The average Bonchev–Trinajstić information content (AvgIpc) is 2.60. The van der Waals surface area contributed by atoms with Gasteiger partial charge in [-0.25, -0.2) is 16.8 Å². The molecule has 0 bridgehead atoms. The molecule has 0 aliphatic rings. The minimum atomic E-state index is -3.66. The minimum Gasteiger partial charge on any atom is -0.345 e. The number of rotatable bonds is 8. The highest BCUT2D eigenvalue weighted by Gasteiger charge is 2.18. The van der Waals surface area contributed by atoms with Gasteiger partial charge >= 0.3 is 0 Å². The standard InChI is InChI=1S/C19H24N4O6S2/c1-12(14-6-5-7-16(10-14)22-30(3,26)27)20-19(25)17-11-15(21-13(2)24)8-9-18(17)23-31(4,28)29/h5-12,22-23H,1-4H3,(H,20,25)(H,21,24). The number of carbonyl (C=O) groups excluding carboxylic acids is 2. The van der Waals surface area contributed by atoms with E-state index in [0.29, 0.717) is 16.9 Å². The summed E-state index contributed by atoms with van der Waals surface area (Å²) in [6.07, 6.45) is 1.99. The van der Waals surface area contributed by atoms with Crippen molar-refractivity contribution >= 4 is 48.9 Å². The lowest BCUT2D eigenvalue weighted by Crippen LogP contribution is -2.28. The zero-order valence-electron chi connectivity index (χ0n) is 17.4. The van der Waals surface area contributed by atoms with Crippen LogP contribution in [-0.4, -0.2) is 41.2 Å². The Labute approximate surface area is 181 Å². The van der Waals surface area contributed by atoms with E-state index in [2.05, 4.69) is 20.1 Å². The van der Waals surface area contributed by atoms with E-state index in [-0.39, 0.29) is 17.2 Å². The summed E-state index contributed by atoms with van der Waals surface area (Å²) in [5, 5.41) is 5.29. The van der Waals surface area contributed by atoms with Gasteiger partial charge in [-0.15, -0.1) is 0 Å². The molecule has 0 heterocycles. The maximum absolute atomic E-state index is 12.9. The molecule has 168 valence electrons. The monoisotopic (exact) mass is 468 g/mol. The predicted octanol–water partition coefficient (Wildman–Crippen LogP) is 1.88. The van der Waals surface area contributed by atoms with Gasteiger partial charge in [0.2, 0.25) is 26.0 Å². The lowest BCUT2D eigenvalue weighted by Gasteiger charge is -2.18. The molecule has 10 nitrogen and oxygen atoms in total. The van der Waals surface area contributed by atoms with Crippen molar-refractivity contribution in [2.24, 2.45) is 0 Å². The van der Waals surface area contributed by atoms with E-state index in [1.807, 2.05) is 0 Å². The van der Waals surface area contributed by atoms with Gasteiger partial charge in [-0.3, -0.25) is 19.0 Å². The largest absolute Gasteiger partial charge is 0.345 e. The van der Waals surface area contributed by atoms with Crippen molar-refractivity contribution in [3.8, 4) is 0 Å². The third-order valence-corrected chi connectivity index (χ3v) is 5.11. The molecule has 2 rings (SSSR count). The van der Waals surface area contributed by atoms with Gasteiger partial charge in [-0.1, -0.05) is 12.1 Å². The van der Waals surface area contributed by atoms with Crippen molar-refractivity contribution < 1.29 is 26.4 Å². The fraction of sp³-hybridized carbons (Fsp3) is 0.263. The number of hydrogen-bond acceptors (Lipinski definition) is 6. The third-order valence-electron chi connectivity index (χ3n) is 3.92. The maximum Gasteiger partial charge on any atom is 0.253 e. The van der Waals surface area contributed by atoms with Crippen LogP contribution in [0, 0.1) is 0 Å². The Kier molecular flexibility index (Phi) is 7.28. The first-order chi connectivity index (χ1) is 14.2. The zero-order valence-corrected chi connectivity index (χ0v) is 19.0. The molecule has 0 spiro atoms. The van der Waals surface area contributed by atoms with E-state index in [0.717, 1.165) is 12.5 Å². The second kappa shape index (κ2) is 9.35. The number of amides is 2. The Morgan fingerprint density at radius 2 is 1.52 bits per heavy atom. The first-order valence-corrected chi connectivity index (χ1v) is 12.8. The van der Waals surface area contributed by atoms with Crippen molar-refractivity contribution in [1.29, 1.82) is 0 Å². The second-order valence-electron chi connectivity index (χ2n) is 7.01. The van der Waals surface area contributed by atoms with Crippen LogP contribution in [0.2, 0.25) is 0 Å². The van der Waals surface area contributed by atoms with Crippen LogP contribution in [0.25, 0.3) is 0 Å². The average molecular weight is 469 g/mol. The molecule has 0 aliphatic carbocycles. The van der Waals surface area contributed by atoms with Gasteiger partial charge in [0, 0.05) is 18.3 Å². The van der Waals surface area contributed by atoms with Crippen LogP contribution in [0.1, 0.15) is 35.8 Å². The van der Waals surface area contributed by atoms with Crippen LogP contribution in [0.5, 0.6) is 0 Å². The lowest BCUT2D eigenvalue weighted by molar-refractivity contribution is -0.114. The Morgan fingerprint density at radius 1 is 0.871 bits per heavy atom. The molecule has 12 heteroatoms. The highest BCUT2D eigenvalue weighted by Crippen LogP contribution is 2.24. The Hall–Kier alpha value is -3.12. The lowest BCUT2D eigenvalue weighted by atomic mass is 10.1. The van der Waals surface area contributed by atoms with E-state index >= 15 is 0 Å². The van der Waals surface area contributed by atoms with Crippen molar-refractivity contribution in [3.63, 3.8) is 0 Å². The number of carbonyl (C=O) groups is 2.